The first-order valence-electron chi connectivity index (χ1n) is 9.29. The second-order valence-electron chi connectivity index (χ2n) is 8.33. The smallest absolute Gasteiger partial charge is 0.324 e. The highest BCUT2D eigenvalue weighted by molar-refractivity contribution is 5.78. The van der Waals surface area contributed by atoms with Gasteiger partial charge in [-0.2, -0.15) is 0 Å². The molecule has 1 aromatic carbocycles. The normalized spacial score (nSPS) is 13.0. The van der Waals surface area contributed by atoms with Crippen molar-refractivity contribution in [2.24, 2.45) is 0 Å². The van der Waals surface area contributed by atoms with Crippen LogP contribution in [0.5, 0.6) is 5.75 Å². The first-order valence-corrected chi connectivity index (χ1v) is 9.29. The fraction of sp³-hybridized carbons (Fsp3) is 0.619. The number of carbonyl (C=O) groups excluding carboxylic acids is 2. The molecule has 0 saturated heterocycles. The zero-order chi connectivity index (χ0) is 20.7. The monoisotopic (exact) mass is 379 g/mol. The first kappa shape index (κ1) is 23.0. The molecule has 0 aliphatic carbocycles. The van der Waals surface area contributed by atoms with Crippen LogP contribution in [0.2, 0.25) is 0 Å². The molecule has 0 aliphatic rings. The van der Waals surface area contributed by atoms with Gasteiger partial charge < -0.3 is 14.2 Å². The second-order valence-corrected chi connectivity index (χ2v) is 8.33. The Kier molecular flexibility index (Phi) is 8.28. The van der Waals surface area contributed by atoms with Gasteiger partial charge >= 0.3 is 11.9 Å². The summed E-state index contributed by atoms with van der Waals surface area (Å²) in [6.45, 7) is 13.3. The lowest BCUT2D eigenvalue weighted by atomic mass is 10.1. The number of hydrogen-bond acceptors (Lipinski definition) is 6. The van der Waals surface area contributed by atoms with Gasteiger partial charge in [0.25, 0.3) is 0 Å². The van der Waals surface area contributed by atoms with Gasteiger partial charge in [-0.05, 0) is 72.6 Å². The molecular weight excluding hydrogens is 346 g/mol. The zero-order valence-corrected chi connectivity index (χ0v) is 17.5. The molecule has 6 nitrogen and oxygen atoms in total. The van der Waals surface area contributed by atoms with Gasteiger partial charge in [-0.3, -0.25) is 14.9 Å². The SMILES string of the molecule is CCOc1ccc(CC(NCC(=O)OC(C)(C)C)C(=O)OC(C)(C)C)cc1. The zero-order valence-electron chi connectivity index (χ0n) is 17.5. The van der Waals surface area contributed by atoms with E-state index in [1.54, 1.807) is 20.8 Å². The predicted octanol–water partition coefficient (Wildman–Crippen LogP) is 3.27. The predicted molar refractivity (Wildman–Crippen MR) is 105 cm³/mol. The molecule has 0 heterocycles. The van der Waals surface area contributed by atoms with E-state index in [2.05, 4.69) is 5.32 Å². The van der Waals surface area contributed by atoms with Gasteiger partial charge in [0.05, 0.1) is 13.2 Å². The van der Waals surface area contributed by atoms with E-state index >= 15 is 0 Å². The summed E-state index contributed by atoms with van der Waals surface area (Å²) in [6, 6.07) is 6.86. The van der Waals surface area contributed by atoms with Crippen molar-refractivity contribution in [1.82, 2.24) is 5.32 Å². The van der Waals surface area contributed by atoms with Crippen molar-refractivity contribution in [2.75, 3.05) is 13.2 Å². The van der Waals surface area contributed by atoms with Gasteiger partial charge in [0.2, 0.25) is 0 Å². The minimum absolute atomic E-state index is 0.0712. The van der Waals surface area contributed by atoms with Gasteiger partial charge in [0.1, 0.15) is 23.0 Å². The summed E-state index contributed by atoms with van der Waals surface area (Å²) >= 11 is 0. The molecule has 0 radical (unpaired) electrons. The molecule has 1 unspecified atom stereocenters. The van der Waals surface area contributed by atoms with Crippen LogP contribution in [0.25, 0.3) is 0 Å². The van der Waals surface area contributed by atoms with Crippen molar-refractivity contribution in [2.45, 2.75) is 72.1 Å². The Labute approximate surface area is 162 Å². The molecule has 152 valence electrons. The third-order valence-corrected chi connectivity index (χ3v) is 3.28. The standard InChI is InChI=1S/C21H33NO5/c1-8-25-16-11-9-15(10-12-16)13-17(19(24)27-21(5,6)7)22-14-18(23)26-20(2,3)4/h9-12,17,22H,8,13-14H2,1-7H3. The van der Waals surface area contributed by atoms with Gasteiger partial charge in [-0.15, -0.1) is 0 Å². The summed E-state index contributed by atoms with van der Waals surface area (Å²) in [4.78, 5) is 24.6. The summed E-state index contributed by atoms with van der Waals surface area (Å²) in [7, 11) is 0. The highest BCUT2D eigenvalue weighted by atomic mass is 16.6. The number of rotatable bonds is 8. The average molecular weight is 379 g/mol. The first-order chi connectivity index (χ1) is 12.4. The molecule has 0 saturated carbocycles. The van der Waals surface area contributed by atoms with E-state index in [-0.39, 0.29) is 6.54 Å². The van der Waals surface area contributed by atoms with Crippen LogP contribution in [0, 0.1) is 0 Å². The van der Waals surface area contributed by atoms with E-state index in [1.807, 2.05) is 52.0 Å². The highest BCUT2D eigenvalue weighted by Crippen LogP contribution is 2.15. The number of esters is 2. The molecule has 0 aliphatic heterocycles. The molecule has 1 rings (SSSR count). The van der Waals surface area contributed by atoms with Gasteiger partial charge in [0.15, 0.2) is 0 Å². The summed E-state index contributed by atoms with van der Waals surface area (Å²) in [5.41, 5.74) is -0.247. The Balaban J connectivity index is 2.81. The summed E-state index contributed by atoms with van der Waals surface area (Å²) < 4.78 is 16.2. The lowest BCUT2D eigenvalue weighted by Gasteiger charge is -2.25. The minimum atomic E-state index is -0.658. The molecule has 0 aromatic heterocycles. The van der Waals surface area contributed by atoms with Crippen LogP contribution < -0.4 is 10.1 Å². The lowest BCUT2D eigenvalue weighted by Crippen LogP contribution is -2.45. The van der Waals surface area contributed by atoms with Crippen molar-refractivity contribution >= 4 is 11.9 Å². The summed E-state index contributed by atoms with van der Waals surface area (Å²) in [5, 5.41) is 2.97. The van der Waals surface area contributed by atoms with Crippen molar-refractivity contribution in [3.8, 4) is 5.75 Å². The fourth-order valence-corrected chi connectivity index (χ4v) is 2.32. The number of benzene rings is 1. The number of nitrogens with one attached hydrogen (secondary N) is 1. The maximum atomic E-state index is 12.6. The fourth-order valence-electron chi connectivity index (χ4n) is 2.32. The maximum absolute atomic E-state index is 12.6. The second kappa shape index (κ2) is 9.74. The molecule has 27 heavy (non-hydrogen) atoms. The van der Waals surface area contributed by atoms with Crippen LogP contribution in [0.1, 0.15) is 54.0 Å². The Morgan fingerprint density at radius 2 is 1.52 bits per heavy atom. The van der Waals surface area contributed by atoms with Crippen LogP contribution >= 0.6 is 0 Å². The van der Waals surface area contributed by atoms with Crippen LogP contribution in [0.15, 0.2) is 24.3 Å². The van der Waals surface area contributed by atoms with E-state index in [1.165, 1.54) is 0 Å². The van der Waals surface area contributed by atoms with E-state index in [9.17, 15) is 9.59 Å². The van der Waals surface area contributed by atoms with Crippen LogP contribution in [0.4, 0.5) is 0 Å². The highest BCUT2D eigenvalue weighted by Gasteiger charge is 2.26. The van der Waals surface area contributed by atoms with Crippen LogP contribution in [-0.4, -0.2) is 42.3 Å². The van der Waals surface area contributed by atoms with E-state index in [0.29, 0.717) is 13.0 Å². The molecule has 0 fully saturated rings. The Bertz CT molecular complexity index is 611. The van der Waals surface area contributed by atoms with Crippen molar-refractivity contribution < 1.29 is 23.8 Å². The van der Waals surface area contributed by atoms with Gasteiger partial charge in [0, 0.05) is 0 Å². The largest absolute Gasteiger partial charge is 0.494 e. The quantitative estimate of drug-likeness (QED) is 0.699. The van der Waals surface area contributed by atoms with Crippen LogP contribution in [0.3, 0.4) is 0 Å². The van der Waals surface area contributed by atoms with E-state index < -0.39 is 29.2 Å². The topological polar surface area (TPSA) is 73.9 Å². The summed E-state index contributed by atoms with van der Waals surface area (Å²) in [5.74, 6) is -0.0421. The number of ether oxygens (including phenoxy) is 3. The Morgan fingerprint density at radius 1 is 0.963 bits per heavy atom. The van der Waals surface area contributed by atoms with E-state index in [0.717, 1.165) is 11.3 Å². The molecule has 6 heteroatoms. The lowest BCUT2D eigenvalue weighted by molar-refractivity contribution is -0.158. The number of hydrogen-bond donors (Lipinski definition) is 1. The van der Waals surface area contributed by atoms with Crippen molar-refractivity contribution in [1.29, 1.82) is 0 Å². The molecular formula is C21H33NO5. The molecule has 1 aromatic rings. The number of carbonyl (C=O) groups is 2. The molecule has 1 atom stereocenters. The maximum Gasteiger partial charge on any atom is 0.324 e. The Morgan fingerprint density at radius 3 is 2.00 bits per heavy atom. The van der Waals surface area contributed by atoms with Crippen LogP contribution in [-0.2, 0) is 25.5 Å². The Hall–Kier alpha value is -2.08. The molecule has 0 amide bonds. The molecule has 0 bridgehead atoms. The van der Waals surface area contributed by atoms with E-state index in [4.69, 9.17) is 14.2 Å². The van der Waals surface area contributed by atoms with Gasteiger partial charge in [-0.25, -0.2) is 0 Å². The third-order valence-electron chi connectivity index (χ3n) is 3.28. The molecule has 1 N–H and O–H groups in total. The molecule has 0 spiro atoms. The summed E-state index contributed by atoms with van der Waals surface area (Å²) in [6.07, 6.45) is 0.393. The third kappa shape index (κ3) is 9.99. The van der Waals surface area contributed by atoms with Crippen molar-refractivity contribution in [3.63, 3.8) is 0 Å². The van der Waals surface area contributed by atoms with Crippen molar-refractivity contribution in [3.05, 3.63) is 29.8 Å². The van der Waals surface area contributed by atoms with Gasteiger partial charge in [-0.1, -0.05) is 12.1 Å². The minimum Gasteiger partial charge on any atom is -0.494 e. The average Bonchev–Trinajstić information content (AvgIpc) is 2.49.